The standard InChI is InChI=1S/C12H12F3NO2/c13-12(14,15)11(17)16-7-9-6-5-8-3-1-2-4-10(8)18-9/h1-4,9H,5-7H2,(H,16,17). The van der Waals surface area contributed by atoms with Crippen LogP contribution in [0.2, 0.25) is 0 Å². The van der Waals surface area contributed by atoms with Gasteiger partial charge in [0.1, 0.15) is 11.9 Å². The Kier molecular flexibility index (Phi) is 3.45. The number of carbonyl (C=O) groups excluding carboxylic acids is 1. The molecule has 1 N–H and O–H groups in total. The van der Waals surface area contributed by atoms with Crippen molar-refractivity contribution < 1.29 is 22.7 Å². The molecule has 1 aliphatic heterocycles. The molecule has 6 heteroatoms. The molecule has 98 valence electrons. The summed E-state index contributed by atoms with van der Waals surface area (Å²) in [4.78, 5) is 10.7. The van der Waals surface area contributed by atoms with Gasteiger partial charge in [-0.2, -0.15) is 13.2 Å². The van der Waals surface area contributed by atoms with Gasteiger partial charge in [0, 0.05) is 0 Å². The number of hydrogen-bond acceptors (Lipinski definition) is 2. The summed E-state index contributed by atoms with van der Waals surface area (Å²) >= 11 is 0. The van der Waals surface area contributed by atoms with Crippen LogP contribution in [0.25, 0.3) is 0 Å². The van der Waals surface area contributed by atoms with Crippen molar-refractivity contribution in [2.45, 2.75) is 25.1 Å². The monoisotopic (exact) mass is 259 g/mol. The molecule has 1 atom stereocenters. The average Bonchev–Trinajstić information content (AvgIpc) is 2.34. The fourth-order valence-corrected chi connectivity index (χ4v) is 1.83. The molecule has 0 aliphatic carbocycles. The molecule has 0 aromatic heterocycles. The molecule has 1 aliphatic rings. The first-order valence-electron chi connectivity index (χ1n) is 5.56. The molecular weight excluding hydrogens is 247 g/mol. The topological polar surface area (TPSA) is 38.3 Å². The number of fused-ring (bicyclic) bond motifs is 1. The summed E-state index contributed by atoms with van der Waals surface area (Å²) in [6.07, 6.45) is -3.92. The van der Waals surface area contributed by atoms with Gasteiger partial charge in [0.05, 0.1) is 6.54 Å². The quantitative estimate of drug-likeness (QED) is 0.882. The first-order chi connectivity index (χ1) is 8.47. The van der Waals surface area contributed by atoms with E-state index in [-0.39, 0.29) is 6.54 Å². The molecule has 0 fully saturated rings. The van der Waals surface area contributed by atoms with Crippen molar-refractivity contribution in [2.24, 2.45) is 0 Å². The largest absolute Gasteiger partial charge is 0.488 e. The number of amides is 1. The summed E-state index contributed by atoms with van der Waals surface area (Å²) in [5, 5.41) is 1.83. The van der Waals surface area contributed by atoms with Crippen molar-refractivity contribution in [3.8, 4) is 5.75 Å². The first kappa shape index (κ1) is 12.7. The minimum Gasteiger partial charge on any atom is -0.488 e. The zero-order valence-corrected chi connectivity index (χ0v) is 9.46. The molecule has 18 heavy (non-hydrogen) atoms. The number of aryl methyl sites for hydroxylation is 1. The maximum Gasteiger partial charge on any atom is 0.471 e. The van der Waals surface area contributed by atoms with E-state index < -0.39 is 18.2 Å². The molecule has 1 aromatic carbocycles. The molecule has 0 bridgehead atoms. The van der Waals surface area contributed by atoms with Gasteiger partial charge < -0.3 is 10.1 Å². The van der Waals surface area contributed by atoms with Crippen molar-refractivity contribution in [1.29, 1.82) is 0 Å². The molecule has 1 heterocycles. The minimum absolute atomic E-state index is 0.132. The van der Waals surface area contributed by atoms with Crippen LogP contribution >= 0.6 is 0 Å². The average molecular weight is 259 g/mol. The normalized spacial score (nSPS) is 18.7. The third-order valence-corrected chi connectivity index (χ3v) is 2.75. The fourth-order valence-electron chi connectivity index (χ4n) is 1.83. The lowest BCUT2D eigenvalue weighted by atomic mass is 10.0. The van der Waals surface area contributed by atoms with Gasteiger partial charge in [-0.15, -0.1) is 0 Å². The molecule has 2 rings (SSSR count). The Labute approximate surface area is 102 Å². The van der Waals surface area contributed by atoms with E-state index in [0.29, 0.717) is 12.2 Å². The number of carbonyl (C=O) groups is 1. The maximum absolute atomic E-state index is 12.0. The zero-order valence-electron chi connectivity index (χ0n) is 9.46. The number of hydrogen-bond donors (Lipinski definition) is 1. The Bertz CT molecular complexity index is 445. The Morgan fingerprint density at radius 2 is 2.11 bits per heavy atom. The summed E-state index contributed by atoms with van der Waals surface area (Å²) in [5.41, 5.74) is 1.04. The van der Waals surface area contributed by atoms with E-state index in [9.17, 15) is 18.0 Å². The predicted octanol–water partition coefficient (Wildman–Crippen LogP) is 2.06. The number of benzene rings is 1. The summed E-state index contributed by atoms with van der Waals surface area (Å²) in [7, 11) is 0. The SMILES string of the molecule is O=C(NCC1CCc2ccccc2O1)C(F)(F)F. The van der Waals surface area contributed by atoms with Crippen molar-refractivity contribution in [3.05, 3.63) is 29.8 Å². The van der Waals surface area contributed by atoms with E-state index in [4.69, 9.17) is 4.74 Å². The van der Waals surface area contributed by atoms with Gasteiger partial charge in [-0.1, -0.05) is 18.2 Å². The van der Waals surface area contributed by atoms with Crippen LogP contribution in [0, 0.1) is 0 Å². The lowest BCUT2D eigenvalue weighted by Gasteiger charge is -2.26. The Hall–Kier alpha value is -1.72. The molecule has 1 amide bonds. The van der Waals surface area contributed by atoms with E-state index in [1.165, 1.54) is 0 Å². The second kappa shape index (κ2) is 4.88. The van der Waals surface area contributed by atoms with Crippen LogP contribution in [-0.2, 0) is 11.2 Å². The van der Waals surface area contributed by atoms with Gasteiger partial charge in [-0.3, -0.25) is 4.79 Å². The van der Waals surface area contributed by atoms with Crippen LogP contribution in [-0.4, -0.2) is 24.7 Å². The van der Waals surface area contributed by atoms with Crippen molar-refractivity contribution in [1.82, 2.24) is 5.32 Å². The Morgan fingerprint density at radius 3 is 2.83 bits per heavy atom. The number of rotatable bonds is 2. The van der Waals surface area contributed by atoms with Crippen molar-refractivity contribution in [3.63, 3.8) is 0 Å². The molecule has 0 saturated carbocycles. The molecule has 1 unspecified atom stereocenters. The first-order valence-corrected chi connectivity index (χ1v) is 5.56. The number of halogens is 3. The van der Waals surface area contributed by atoms with Gasteiger partial charge in [-0.25, -0.2) is 0 Å². The van der Waals surface area contributed by atoms with Crippen LogP contribution in [0.3, 0.4) is 0 Å². The molecule has 1 aromatic rings. The van der Waals surface area contributed by atoms with Crippen molar-refractivity contribution in [2.75, 3.05) is 6.54 Å². The smallest absolute Gasteiger partial charge is 0.471 e. The number of para-hydroxylation sites is 1. The molecular formula is C12H12F3NO2. The lowest BCUT2D eigenvalue weighted by molar-refractivity contribution is -0.173. The van der Waals surface area contributed by atoms with Crippen LogP contribution < -0.4 is 10.1 Å². The van der Waals surface area contributed by atoms with Gasteiger partial charge in [0.25, 0.3) is 0 Å². The highest BCUT2D eigenvalue weighted by molar-refractivity contribution is 5.81. The summed E-state index contributed by atoms with van der Waals surface area (Å²) in [5.74, 6) is -1.25. The van der Waals surface area contributed by atoms with Gasteiger partial charge in [-0.05, 0) is 24.5 Å². The number of alkyl halides is 3. The third-order valence-electron chi connectivity index (χ3n) is 2.75. The maximum atomic E-state index is 12.0. The van der Waals surface area contributed by atoms with Crippen LogP contribution in [0.1, 0.15) is 12.0 Å². The summed E-state index contributed by atoms with van der Waals surface area (Å²) < 4.78 is 41.5. The van der Waals surface area contributed by atoms with E-state index in [1.807, 2.05) is 17.4 Å². The van der Waals surface area contributed by atoms with Gasteiger partial charge in [0.2, 0.25) is 0 Å². The van der Waals surface area contributed by atoms with Gasteiger partial charge in [0.15, 0.2) is 0 Å². The van der Waals surface area contributed by atoms with Crippen LogP contribution in [0.15, 0.2) is 24.3 Å². The highest BCUT2D eigenvalue weighted by Crippen LogP contribution is 2.26. The third kappa shape index (κ3) is 2.94. The summed E-state index contributed by atoms with van der Waals surface area (Å²) in [6, 6.07) is 7.37. The lowest BCUT2D eigenvalue weighted by Crippen LogP contribution is -2.43. The van der Waals surface area contributed by atoms with Gasteiger partial charge >= 0.3 is 12.1 Å². The molecule has 0 radical (unpaired) electrons. The van der Waals surface area contributed by atoms with E-state index in [2.05, 4.69) is 0 Å². The van der Waals surface area contributed by atoms with Crippen LogP contribution in [0.4, 0.5) is 13.2 Å². The van der Waals surface area contributed by atoms with E-state index >= 15 is 0 Å². The fraction of sp³-hybridized carbons (Fsp3) is 0.417. The minimum atomic E-state index is -4.84. The van der Waals surface area contributed by atoms with Crippen LogP contribution in [0.5, 0.6) is 5.75 Å². The zero-order chi connectivity index (χ0) is 13.2. The second-order valence-corrected chi connectivity index (χ2v) is 4.09. The number of ether oxygens (including phenoxy) is 1. The number of nitrogens with one attached hydrogen (secondary N) is 1. The van der Waals surface area contributed by atoms with E-state index in [1.54, 1.807) is 12.1 Å². The molecule has 0 spiro atoms. The molecule has 0 saturated heterocycles. The summed E-state index contributed by atoms with van der Waals surface area (Å²) in [6.45, 7) is -0.132. The Morgan fingerprint density at radius 1 is 1.39 bits per heavy atom. The van der Waals surface area contributed by atoms with Crippen molar-refractivity contribution >= 4 is 5.91 Å². The highest BCUT2D eigenvalue weighted by atomic mass is 19.4. The predicted molar refractivity (Wildman–Crippen MR) is 58.2 cm³/mol. The highest BCUT2D eigenvalue weighted by Gasteiger charge is 2.38. The second-order valence-electron chi connectivity index (χ2n) is 4.09. The Balaban J connectivity index is 1.89. The van der Waals surface area contributed by atoms with E-state index in [0.717, 1.165) is 12.0 Å². The molecule has 3 nitrogen and oxygen atoms in total.